The van der Waals surface area contributed by atoms with Gasteiger partial charge in [0.15, 0.2) is 21.2 Å². The molecule has 0 atom stereocenters. The van der Waals surface area contributed by atoms with Crippen molar-refractivity contribution in [1.82, 2.24) is 14.8 Å². The largest absolute Gasteiger partial charge is 0.476 e. The first-order chi connectivity index (χ1) is 10.4. The zero-order valence-corrected chi connectivity index (χ0v) is 12.3. The van der Waals surface area contributed by atoms with Crippen LogP contribution in [0.3, 0.4) is 0 Å². The maximum absolute atomic E-state index is 11.7. The average molecular weight is 317 g/mol. The molecule has 2 heterocycles. The molecule has 1 N–H and O–H groups in total. The lowest BCUT2D eigenvalue weighted by atomic mass is 10.2. The highest BCUT2D eigenvalue weighted by Crippen LogP contribution is 2.22. The normalized spacial score (nSPS) is 11.7. The molecule has 0 aliphatic carbocycles. The van der Waals surface area contributed by atoms with Gasteiger partial charge in [0.1, 0.15) is 0 Å². The van der Waals surface area contributed by atoms with Crippen molar-refractivity contribution in [3.63, 3.8) is 0 Å². The predicted octanol–water partition coefficient (Wildman–Crippen LogP) is 1.52. The lowest BCUT2D eigenvalue weighted by molar-refractivity contribution is 0.0692. The Morgan fingerprint density at radius 3 is 2.68 bits per heavy atom. The molecule has 0 aliphatic rings. The number of carboxylic acids is 1. The Morgan fingerprint density at radius 2 is 2.00 bits per heavy atom. The van der Waals surface area contributed by atoms with Gasteiger partial charge in [-0.1, -0.05) is 6.07 Å². The van der Waals surface area contributed by atoms with Crippen LogP contribution in [0.2, 0.25) is 0 Å². The van der Waals surface area contributed by atoms with Crippen LogP contribution >= 0.6 is 0 Å². The fraction of sp³-hybridized carbons (Fsp3) is 0.0714. The van der Waals surface area contributed by atoms with Gasteiger partial charge in [0.25, 0.3) is 0 Å². The third-order valence-electron chi connectivity index (χ3n) is 3.14. The standard InChI is InChI=1S/C14H11N3O4S/c1-22(20,21)10-5-2-4-9(8-10)17-13-11(6-3-7-15-13)12(16-17)14(18)19/h2-8H,1H3,(H,18,19). The van der Waals surface area contributed by atoms with Crippen LogP contribution in [0.5, 0.6) is 0 Å². The van der Waals surface area contributed by atoms with E-state index in [4.69, 9.17) is 0 Å². The Morgan fingerprint density at radius 1 is 1.23 bits per heavy atom. The Bertz CT molecular complexity index is 992. The van der Waals surface area contributed by atoms with Crippen molar-refractivity contribution in [3.8, 4) is 5.69 Å². The average Bonchev–Trinajstić information content (AvgIpc) is 2.86. The number of pyridine rings is 1. The van der Waals surface area contributed by atoms with Gasteiger partial charge in [-0.25, -0.2) is 22.9 Å². The molecule has 0 saturated carbocycles. The highest BCUT2D eigenvalue weighted by molar-refractivity contribution is 7.90. The summed E-state index contributed by atoms with van der Waals surface area (Å²) in [7, 11) is -3.37. The zero-order chi connectivity index (χ0) is 15.9. The minimum Gasteiger partial charge on any atom is -0.476 e. The summed E-state index contributed by atoms with van der Waals surface area (Å²) in [4.78, 5) is 15.6. The summed E-state index contributed by atoms with van der Waals surface area (Å²) in [6.07, 6.45) is 2.63. The van der Waals surface area contributed by atoms with Gasteiger partial charge in [-0.2, -0.15) is 5.10 Å². The van der Waals surface area contributed by atoms with Crippen LogP contribution in [0.15, 0.2) is 47.5 Å². The van der Waals surface area contributed by atoms with E-state index in [9.17, 15) is 18.3 Å². The van der Waals surface area contributed by atoms with E-state index in [0.717, 1.165) is 6.26 Å². The van der Waals surface area contributed by atoms with E-state index in [1.807, 2.05) is 0 Å². The number of nitrogens with zero attached hydrogens (tertiary/aromatic N) is 3. The third-order valence-corrected chi connectivity index (χ3v) is 4.25. The first kappa shape index (κ1) is 14.2. The summed E-state index contributed by atoms with van der Waals surface area (Å²) >= 11 is 0. The molecule has 0 radical (unpaired) electrons. The molecular weight excluding hydrogens is 306 g/mol. The van der Waals surface area contributed by atoms with Crippen molar-refractivity contribution >= 4 is 26.8 Å². The van der Waals surface area contributed by atoms with Crippen molar-refractivity contribution in [1.29, 1.82) is 0 Å². The number of aromatic carboxylic acids is 1. The number of rotatable bonds is 3. The summed E-state index contributed by atoms with van der Waals surface area (Å²) in [5, 5.41) is 13.7. The smallest absolute Gasteiger partial charge is 0.357 e. The molecule has 0 amide bonds. The van der Waals surface area contributed by atoms with Crippen LogP contribution < -0.4 is 0 Å². The van der Waals surface area contributed by atoms with E-state index in [1.165, 1.54) is 23.0 Å². The number of hydrogen-bond acceptors (Lipinski definition) is 5. The number of hydrogen-bond donors (Lipinski definition) is 1. The highest BCUT2D eigenvalue weighted by Gasteiger charge is 2.18. The molecule has 8 heteroatoms. The van der Waals surface area contributed by atoms with Crippen LogP contribution in [-0.4, -0.2) is 40.5 Å². The maximum atomic E-state index is 11.7. The second kappa shape index (κ2) is 4.92. The number of carboxylic acid groups (broad SMARTS) is 1. The number of aromatic nitrogens is 3. The minimum absolute atomic E-state index is 0.126. The second-order valence-electron chi connectivity index (χ2n) is 4.71. The SMILES string of the molecule is CS(=O)(=O)c1cccc(-n2nc(C(=O)O)c3cccnc32)c1. The van der Waals surface area contributed by atoms with Gasteiger partial charge in [0.05, 0.1) is 16.0 Å². The van der Waals surface area contributed by atoms with Gasteiger partial charge >= 0.3 is 5.97 Å². The fourth-order valence-corrected chi connectivity index (χ4v) is 2.80. The van der Waals surface area contributed by atoms with Gasteiger partial charge in [-0.05, 0) is 30.3 Å². The summed E-state index contributed by atoms with van der Waals surface area (Å²) in [5.74, 6) is -1.17. The highest BCUT2D eigenvalue weighted by atomic mass is 32.2. The van der Waals surface area contributed by atoms with Crippen LogP contribution in [-0.2, 0) is 9.84 Å². The summed E-state index contributed by atoms with van der Waals surface area (Å²) < 4.78 is 24.6. The molecule has 3 aromatic rings. The van der Waals surface area contributed by atoms with E-state index in [1.54, 1.807) is 24.3 Å². The molecule has 0 saturated heterocycles. The van der Waals surface area contributed by atoms with Crippen molar-refractivity contribution in [3.05, 3.63) is 48.3 Å². The summed E-state index contributed by atoms with van der Waals surface area (Å²) in [6, 6.07) is 9.34. The van der Waals surface area contributed by atoms with Crippen molar-refractivity contribution in [2.75, 3.05) is 6.26 Å². The number of benzene rings is 1. The predicted molar refractivity (Wildman–Crippen MR) is 78.9 cm³/mol. The van der Waals surface area contributed by atoms with E-state index in [2.05, 4.69) is 10.1 Å². The van der Waals surface area contributed by atoms with Crippen molar-refractivity contribution in [2.45, 2.75) is 4.90 Å². The van der Waals surface area contributed by atoms with Crippen LogP contribution in [0.25, 0.3) is 16.7 Å². The van der Waals surface area contributed by atoms with Crippen LogP contribution in [0, 0.1) is 0 Å². The Kier molecular flexibility index (Phi) is 3.18. The van der Waals surface area contributed by atoms with E-state index < -0.39 is 15.8 Å². The van der Waals surface area contributed by atoms with E-state index in [0.29, 0.717) is 16.7 Å². The quantitative estimate of drug-likeness (QED) is 0.786. The van der Waals surface area contributed by atoms with E-state index in [-0.39, 0.29) is 10.6 Å². The van der Waals surface area contributed by atoms with Crippen LogP contribution in [0.1, 0.15) is 10.5 Å². The lowest BCUT2D eigenvalue weighted by Crippen LogP contribution is -2.03. The number of sulfone groups is 1. The first-order valence-electron chi connectivity index (χ1n) is 6.25. The molecular formula is C14H11N3O4S. The van der Waals surface area contributed by atoms with Crippen molar-refractivity contribution in [2.24, 2.45) is 0 Å². The molecule has 22 heavy (non-hydrogen) atoms. The van der Waals surface area contributed by atoms with Crippen molar-refractivity contribution < 1.29 is 18.3 Å². The lowest BCUT2D eigenvalue weighted by Gasteiger charge is -2.04. The molecule has 0 spiro atoms. The fourth-order valence-electron chi connectivity index (χ4n) is 2.14. The molecule has 0 bridgehead atoms. The molecule has 0 fully saturated rings. The zero-order valence-electron chi connectivity index (χ0n) is 11.5. The van der Waals surface area contributed by atoms with Gasteiger partial charge in [-0.3, -0.25) is 0 Å². The monoisotopic (exact) mass is 317 g/mol. The Hall–Kier alpha value is -2.74. The first-order valence-corrected chi connectivity index (χ1v) is 8.14. The van der Waals surface area contributed by atoms with Gasteiger partial charge in [0, 0.05) is 12.5 Å². The second-order valence-corrected chi connectivity index (χ2v) is 6.73. The minimum atomic E-state index is -3.37. The number of fused-ring (bicyclic) bond motifs is 1. The maximum Gasteiger partial charge on any atom is 0.357 e. The molecule has 0 unspecified atom stereocenters. The number of carbonyl (C=O) groups is 1. The Balaban J connectivity index is 2.30. The Labute approximate surface area is 125 Å². The summed E-state index contributed by atoms with van der Waals surface area (Å²) in [5.41, 5.74) is 0.650. The molecule has 3 rings (SSSR count). The molecule has 112 valence electrons. The van der Waals surface area contributed by atoms with Gasteiger partial charge < -0.3 is 5.11 Å². The van der Waals surface area contributed by atoms with E-state index >= 15 is 0 Å². The molecule has 1 aromatic carbocycles. The van der Waals surface area contributed by atoms with Gasteiger partial charge in [0.2, 0.25) is 0 Å². The molecule has 7 nitrogen and oxygen atoms in total. The third kappa shape index (κ3) is 2.33. The topological polar surface area (TPSA) is 102 Å². The van der Waals surface area contributed by atoms with Crippen LogP contribution in [0.4, 0.5) is 0 Å². The molecule has 2 aromatic heterocycles. The summed E-state index contributed by atoms with van der Waals surface area (Å²) in [6.45, 7) is 0. The van der Waals surface area contributed by atoms with Gasteiger partial charge in [-0.15, -0.1) is 0 Å². The molecule has 0 aliphatic heterocycles.